The summed E-state index contributed by atoms with van der Waals surface area (Å²) >= 11 is 9.00. The Morgan fingerprint density at radius 3 is 2.60 bits per heavy atom. The maximum Gasteiger partial charge on any atom is 0.155 e. The van der Waals surface area contributed by atoms with Crippen LogP contribution in [0.2, 0.25) is 5.15 Å². The molecule has 1 aromatic carbocycles. The molecule has 0 saturated heterocycles. The lowest BCUT2D eigenvalue weighted by Gasteiger charge is -2.03. The molecule has 0 bridgehead atoms. The zero-order valence-electron chi connectivity index (χ0n) is 7.42. The largest absolute Gasteiger partial charge is 0.251 e. The van der Waals surface area contributed by atoms with Crippen LogP contribution < -0.4 is 0 Å². The maximum atomic E-state index is 13.6. The number of hydrogen-bond donors (Lipinski definition) is 0. The first-order valence-corrected chi connectivity index (χ1v) is 5.27. The van der Waals surface area contributed by atoms with Crippen molar-refractivity contribution in [3.05, 3.63) is 46.0 Å². The fourth-order valence-electron chi connectivity index (χ4n) is 1.18. The number of benzene rings is 1. The Morgan fingerprint density at radius 2 is 1.93 bits per heavy atom. The van der Waals surface area contributed by atoms with E-state index in [4.69, 9.17) is 11.6 Å². The molecule has 2 rings (SSSR count). The summed E-state index contributed by atoms with van der Waals surface area (Å²) in [5, 5.41) is 0.193. The highest BCUT2D eigenvalue weighted by Crippen LogP contribution is 2.27. The van der Waals surface area contributed by atoms with Crippen LogP contribution >= 0.6 is 27.5 Å². The Bertz CT molecular complexity index is 505. The van der Waals surface area contributed by atoms with E-state index in [1.54, 1.807) is 12.1 Å². The number of halogens is 3. The zero-order valence-corrected chi connectivity index (χ0v) is 9.76. The van der Waals surface area contributed by atoms with Crippen molar-refractivity contribution < 1.29 is 4.39 Å². The molecule has 0 aliphatic rings. The molecule has 5 heteroatoms. The van der Waals surface area contributed by atoms with E-state index in [9.17, 15) is 4.39 Å². The van der Waals surface area contributed by atoms with Crippen LogP contribution in [0.4, 0.5) is 4.39 Å². The van der Waals surface area contributed by atoms with E-state index in [-0.39, 0.29) is 11.0 Å². The smallest absolute Gasteiger partial charge is 0.155 e. The number of hydrogen-bond acceptors (Lipinski definition) is 2. The van der Waals surface area contributed by atoms with Crippen LogP contribution in [0.25, 0.3) is 11.3 Å². The molecule has 0 spiro atoms. The first kappa shape index (κ1) is 10.5. The summed E-state index contributed by atoms with van der Waals surface area (Å²) in [7, 11) is 0. The van der Waals surface area contributed by atoms with Gasteiger partial charge in [0, 0.05) is 22.4 Å². The van der Waals surface area contributed by atoms with Gasteiger partial charge in [-0.2, -0.15) is 0 Å². The van der Waals surface area contributed by atoms with Gasteiger partial charge >= 0.3 is 0 Å². The molecular weight excluding hydrogens is 282 g/mol. The summed E-state index contributed by atoms with van der Waals surface area (Å²) < 4.78 is 14.2. The van der Waals surface area contributed by atoms with E-state index in [0.29, 0.717) is 15.7 Å². The van der Waals surface area contributed by atoms with Gasteiger partial charge in [0.25, 0.3) is 0 Å². The summed E-state index contributed by atoms with van der Waals surface area (Å²) in [5.41, 5.74) is 0.695. The van der Waals surface area contributed by atoms with Crippen LogP contribution in [0.5, 0.6) is 0 Å². The highest BCUT2D eigenvalue weighted by molar-refractivity contribution is 9.10. The molecule has 1 heterocycles. The summed E-state index contributed by atoms with van der Waals surface area (Å²) in [6.45, 7) is 0. The SMILES string of the molecule is Fc1cc(Br)ccc1-c1nccnc1Cl. The lowest BCUT2D eigenvalue weighted by atomic mass is 10.1. The second kappa shape index (κ2) is 4.24. The molecular formula is C10H5BrClFN2. The summed E-state index contributed by atoms with van der Waals surface area (Å²) in [5.74, 6) is -0.383. The van der Waals surface area contributed by atoms with Gasteiger partial charge in [-0.05, 0) is 18.2 Å². The molecule has 0 aliphatic heterocycles. The first-order valence-electron chi connectivity index (χ1n) is 4.10. The zero-order chi connectivity index (χ0) is 10.8. The normalized spacial score (nSPS) is 10.3. The van der Waals surface area contributed by atoms with E-state index >= 15 is 0 Å². The summed E-state index contributed by atoms with van der Waals surface area (Å²) in [6, 6.07) is 4.69. The monoisotopic (exact) mass is 286 g/mol. The van der Waals surface area contributed by atoms with Crippen molar-refractivity contribution in [3.8, 4) is 11.3 Å². The van der Waals surface area contributed by atoms with Crippen molar-refractivity contribution in [1.82, 2.24) is 9.97 Å². The van der Waals surface area contributed by atoms with Crippen LogP contribution in [0.1, 0.15) is 0 Å². The Kier molecular flexibility index (Phi) is 2.98. The third-order valence-corrected chi connectivity index (χ3v) is 2.61. The molecule has 15 heavy (non-hydrogen) atoms. The minimum absolute atomic E-state index is 0.193. The quantitative estimate of drug-likeness (QED) is 0.799. The standard InChI is InChI=1S/C10H5BrClFN2/c11-6-1-2-7(8(13)5-6)9-10(12)15-4-3-14-9/h1-5H. The molecule has 76 valence electrons. The fourth-order valence-corrected chi connectivity index (χ4v) is 1.72. The highest BCUT2D eigenvalue weighted by atomic mass is 79.9. The van der Waals surface area contributed by atoms with Gasteiger partial charge in [-0.1, -0.05) is 27.5 Å². The second-order valence-corrected chi connectivity index (χ2v) is 4.09. The van der Waals surface area contributed by atoms with Gasteiger partial charge in [0.1, 0.15) is 11.5 Å². The molecule has 0 aliphatic carbocycles. The highest BCUT2D eigenvalue weighted by Gasteiger charge is 2.10. The van der Waals surface area contributed by atoms with Gasteiger partial charge in [-0.3, -0.25) is 4.98 Å². The maximum absolute atomic E-state index is 13.6. The van der Waals surface area contributed by atoms with E-state index in [1.165, 1.54) is 18.5 Å². The van der Waals surface area contributed by atoms with Crippen molar-refractivity contribution in [2.24, 2.45) is 0 Å². The Balaban J connectivity index is 2.60. The van der Waals surface area contributed by atoms with Crippen molar-refractivity contribution in [1.29, 1.82) is 0 Å². The van der Waals surface area contributed by atoms with Gasteiger partial charge in [0.15, 0.2) is 5.15 Å². The third kappa shape index (κ3) is 2.16. The Labute approximate surface area is 99.3 Å². The lowest BCUT2D eigenvalue weighted by Crippen LogP contribution is -1.90. The van der Waals surface area contributed by atoms with Gasteiger partial charge in [-0.25, -0.2) is 9.37 Å². The predicted molar refractivity (Wildman–Crippen MR) is 60.1 cm³/mol. The number of nitrogens with zero attached hydrogens (tertiary/aromatic N) is 2. The van der Waals surface area contributed by atoms with Gasteiger partial charge < -0.3 is 0 Å². The molecule has 0 N–H and O–H groups in total. The van der Waals surface area contributed by atoms with Crippen LogP contribution in [0, 0.1) is 5.82 Å². The molecule has 0 fully saturated rings. The minimum Gasteiger partial charge on any atom is -0.251 e. The van der Waals surface area contributed by atoms with Crippen molar-refractivity contribution in [3.63, 3.8) is 0 Å². The molecule has 2 nitrogen and oxygen atoms in total. The van der Waals surface area contributed by atoms with E-state index in [2.05, 4.69) is 25.9 Å². The first-order chi connectivity index (χ1) is 7.18. The topological polar surface area (TPSA) is 25.8 Å². The van der Waals surface area contributed by atoms with Crippen molar-refractivity contribution in [2.45, 2.75) is 0 Å². The van der Waals surface area contributed by atoms with Gasteiger partial charge in [-0.15, -0.1) is 0 Å². The minimum atomic E-state index is -0.383. The van der Waals surface area contributed by atoms with E-state index < -0.39 is 0 Å². The van der Waals surface area contributed by atoms with Crippen LogP contribution in [-0.4, -0.2) is 9.97 Å². The number of aromatic nitrogens is 2. The average molecular weight is 288 g/mol. The van der Waals surface area contributed by atoms with Crippen LogP contribution in [0.15, 0.2) is 35.1 Å². The second-order valence-electron chi connectivity index (χ2n) is 2.82. The average Bonchev–Trinajstić information content (AvgIpc) is 2.20. The molecule has 0 amide bonds. The third-order valence-electron chi connectivity index (χ3n) is 1.84. The summed E-state index contributed by atoms with van der Waals surface area (Å²) in [6.07, 6.45) is 2.94. The number of rotatable bonds is 1. The lowest BCUT2D eigenvalue weighted by molar-refractivity contribution is 0.629. The van der Waals surface area contributed by atoms with Gasteiger partial charge in [0.2, 0.25) is 0 Å². The molecule has 1 aromatic heterocycles. The Hall–Kier alpha value is -1.00. The van der Waals surface area contributed by atoms with Crippen LogP contribution in [-0.2, 0) is 0 Å². The molecule has 0 saturated carbocycles. The van der Waals surface area contributed by atoms with E-state index in [0.717, 1.165) is 0 Å². The predicted octanol–water partition coefficient (Wildman–Crippen LogP) is 3.70. The molecule has 2 aromatic rings. The van der Waals surface area contributed by atoms with Crippen LogP contribution in [0.3, 0.4) is 0 Å². The molecule has 0 unspecified atom stereocenters. The summed E-state index contributed by atoms with van der Waals surface area (Å²) in [4.78, 5) is 7.83. The Morgan fingerprint density at radius 1 is 1.20 bits per heavy atom. The van der Waals surface area contributed by atoms with E-state index in [1.807, 2.05) is 0 Å². The van der Waals surface area contributed by atoms with Crippen molar-refractivity contribution in [2.75, 3.05) is 0 Å². The fraction of sp³-hybridized carbons (Fsp3) is 0. The van der Waals surface area contributed by atoms with Crippen molar-refractivity contribution >= 4 is 27.5 Å². The van der Waals surface area contributed by atoms with Gasteiger partial charge in [0.05, 0.1) is 0 Å². The molecule has 0 atom stereocenters. The molecule has 0 radical (unpaired) electrons.